The molecule has 4 atom stereocenters. The summed E-state index contributed by atoms with van der Waals surface area (Å²) >= 11 is 6.82. The molecule has 2 aromatic carbocycles. The van der Waals surface area contributed by atoms with Gasteiger partial charge in [0.05, 0.1) is 5.60 Å². The SMILES string of the molecule is COCCCC[C@@](O)(c1cccc(Cl)c1Cc1cccc(C)c1)[C@@H]1CCCN(C(=O)[C@@H]2CC[C@H](N)C2)C1. The fraction of sp³-hybridized carbons (Fsp3) is 0.581. The molecule has 0 radical (unpaired) electrons. The van der Waals surface area contributed by atoms with E-state index in [9.17, 15) is 9.90 Å². The maximum absolute atomic E-state index is 13.4. The number of nitrogens with two attached hydrogens (primary N) is 1. The molecule has 1 aliphatic carbocycles. The molecule has 202 valence electrons. The average Bonchev–Trinajstić information content (AvgIpc) is 3.33. The minimum atomic E-state index is -1.08. The Morgan fingerprint density at radius 2 is 2.00 bits per heavy atom. The summed E-state index contributed by atoms with van der Waals surface area (Å²) in [5.41, 5.74) is 9.30. The molecule has 37 heavy (non-hydrogen) atoms. The highest BCUT2D eigenvalue weighted by molar-refractivity contribution is 6.31. The maximum atomic E-state index is 13.4. The fourth-order valence-electron chi connectivity index (χ4n) is 6.44. The number of carbonyl (C=O) groups excluding carboxylic acids is 1. The predicted molar refractivity (Wildman–Crippen MR) is 150 cm³/mol. The second kappa shape index (κ2) is 12.8. The summed E-state index contributed by atoms with van der Waals surface area (Å²) in [7, 11) is 1.71. The van der Waals surface area contributed by atoms with E-state index in [4.69, 9.17) is 22.1 Å². The van der Waals surface area contributed by atoms with E-state index >= 15 is 0 Å². The van der Waals surface area contributed by atoms with E-state index in [1.54, 1.807) is 7.11 Å². The number of hydrogen-bond acceptors (Lipinski definition) is 4. The van der Waals surface area contributed by atoms with E-state index in [2.05, 4.69) is 31.2 Å². The van der Waals surface area contributed by atoms with Gasteiger partial charge in [0.2, 0.25) is 5.91 Å². The lowest BCUT2D eigenvalue weighted by Gasteiger charge is -2.44. The molecule has 4 rings (SSSR count). The van der Waals surface area contributed by atoms with Crippen LogP contribution in [0.5, 0.6) is 0 Å². The number of amides is 1. The van der Waals surface area contributed by atoms with Crippen molar-refractivity contribution in [1.82, 2.24) is 4.90 Å². The Morgan fingerprint density at radius 1 is 1.19 bits per heavy atom. The van der Waals surface area contributed by atoms with E-state index in [1.807, 2.05) is 23.1 Å². The van der Waals surface area contributed by atoms with Crippen LogP contribution in [0.2, 0.25) is 5.02 Å². The Balaban J connectivity index is 1.65. The zero-order valence-electron chi connectivity index (χ0n) is 22.4. The number of benzene rings is 2. The lowest BCUT2D eigenvalue weighted by Crippen LogP contribution is -2.49. The topological polar surface area (TPSA) is 75.8 Å². The van der Waals surface area contributed by atoms with Gasteiger partial charge in [-0.05, 0) is 87.5 Å². The molecule has 1 aliphatic heterocycles. The van der Waals surface area contributed by atoms with Crippen molar-refractivity contribution in [2.75, 3.05) is 26.8 Å². The number of rotatable bonds is 10. The number of aliphatic hydroxyl groups is 1. The van der Waals surface area contributed by atoms with Gasteiger partial charge in [0.15, 0.2) is 0 Å². The predicted octanol–water partition coefficient (Wildman–Crippen LogP) is 5.61. The molecular weight excluding hydrogens is 484 g/mol. The summed E-state index contributed by atoms with van der Waals surface area (Å²) in [5, 5.41) is 13.3. The average molecular weight is 527 g/mol. The van der Waals surface area contributed by atoms with Gasteiger partial charge >= 0.3 is 0 Å². The highest BCUT2D eigenvalue weighted by Gasteiger charge is 2.43. The third kappa shape index (κ3) is 6.75. The third-order valence-electron chi connectivity index (χ3n) is 8.44. The maximum Gasteiger partial charge on any atom is 0.225 e. The summed E-state index contributed by atoms with van der Waals surface area (Å²) in [6, 6.07) is 14.5. The molecule has 2 aromatic rings. The van der Waals surface area contributed by atoms with Crippen molar-refractivity contribution in [3.8, 4) is 0 Å². The molecule has 5 nitrogen and oxygen atoms in total. The minimum absolute atomic E-state index is 0.0200. The summed E-state index contributed by atoms with van der Waals surface area (Å²) < 4.78 is 5.29. The van der Waals surface area contributed by atoms with Crippen molar-refractivity contribution < 1.29 is 14.6 Å². The van der Waals surface area contributed by atoms with Crippen LogP contribution in [-0.4, -0.2) is 48.8 Å². The molecule has 3 N–H and O–H groups in total. The van der Waals surface area contributed by atoms with Crippen molar-refractivity contribution in [3.05, 3.63) is 69.7 Å². The van der Waals surface area contributed by atoms with Crippen molar-refractivity contribution in [2.24, 2.45) is 17.6 Å². The van der Waals surface area contributed by atoms with Gasteiger partial charge in [-0.3, -0.25) is 4.79 Å². The molecule has 2 fully saturated rings. The molecule has 1 saturated heterocycles. The number of piperidine rings is 1. The molecule has 1 amide bonds. The number of ether oxygens (including phenoxy) is 1. The van der Waals surface area contributed by atoms with E-state index in [-0.39, 0.29) is 23.8 Å². The first-order chi connectivity index (χ1) is 17.8. The fourth-order valence-corrected chi connectivity index (χ4v) is 6.68. The largest absolute Gasteiger partial charge is 0.385 e. The van der Waals surface area contributed by atoms with Crippen molar-refractivity contribution in [1.29, 1.82) is 0 Å². The van der Waals surface area contributed by atoms with Gasteiger partial charge in [-0.1, -0.05) is 53.6 Å². The molecule has 0 aromatic heterocycles. The number of carbonyl (C=O) groups is 1. The number of halogens is 1. The van der Waals surface area contributed by atoms with E-state index in [0.717, 1.165) is 62.6 Å². The molecule has 0 bridgehead atoms. The quantitative estimate of drug-likeness (QED) is 0.394. The number of hydrogen-bond donors (Lipinski definition) is 2. The molecule has 2 aliphatic rings. The number of likely N-dealkylation sites (tertiary alicyclic amines) is 1. The van der Waals surface area contributed by atoms with Gasteiger partial charge in [-0.25, -0.2) is 0 Å². The van der Waals surface area contributed by atoms with E-state index in [0.29, 0.717) is 31.0 Å². The Hall–Kier alpha value is -1.92. The third-order valence-corrected chi connectivity index (χ3v) is 8.79. The molecule has 1 saturated carbocycles. The standard InChI is InChI=1S/C31H43ClN2O3/c1-22-8-5-9-23(18-22)19-27-28(11-6-12-29(27)32)31(36,15-3-4-17-37-2)25-10-7-16-34(21-25)30(35)24-13-14-26(33)20-24/h5-6,8-9,11-12,18,24-26,36H,3-4,7,10,13-17,19-21,33H2,1-2H3/t24-,25-,26+,31+/m1/s1. The normalized spacial score (nSPS) is 23.7. The second-order valence-electron chi connectivity index (χ2n) is 11.2. The molecule has 0 spiro atoms. The molecule has 1 heterocycles. The van der Waals surface area contributed by atoms with Gasteiger partial charge in [0.25, 0.3) is 0 Å². The van der Waals surface area contributed by atoms with Crippen LogP contribution in [0.15, 0.2) is 42.5 Å². The van der Waals surface area contributed by atoms with E-state index in [1.165, 1.54) is 11.1 Å². The highest BCUT2D eigenvalue weighted by Crippen LogP contribution is 2.43. The monoisotopic (exact) mass is 526 g/mol. The smallest absolute Gasteiger partial charge is 0.225 e. The van der Waals surface area contributed by atoms with Gasteiger partial charge in [-0.2, -0.15) is 0 Å². The Kier molecular flexibility index (Phi) is 9.68. The van der Waals surface area contributed by atoms with Gasteiger partial charge < -0.3 is 20.5 Å². The second-order valence-corrected chi connectivity index (χ2v) is 11.6. The lowest BCUT2D eigenvalue weighted by atomic mass is 9.72. The van der Waals surface area contributed by atoms with Crippen molar-refractivity contribution in [3.63, 3.8) is 0 Å². The Labute approximate surface area is 227 Å². The molecule has 0 unspecified atom stereocenters. The van der Waals surface area contributed by atoms with Crippen LogP contribution in [0.3, 0.4) is 0 Å². The van der Waals surface area contributed by atoms with Crippen LogP contribution in [0, 0.1) is 18.8 Å². The summed E-state index contributed by atoms with van der Waals surface area (Å²) in [5.74, 6) is 0.176. The first kappa shape index (κ1) is 28.1. The van der Waals surface area contributed by atoms with Gasteiger partial charge in [0.1, 0.15) is 0 Å². The van der Waals surface area contributed by atoms with Crippen LogP contribution in [0.4, 0.5) is 0 Å². The minimum Gasteiger partial charge on any atom is -0.385 e. The van der Waals surface area contributed by atoms with Crippen LogP contribution >= 0.6 is 11.6 Å². The number of unbranched alkanes of at least 4 members (excludes halogenated alkanes) is 1. The summed E-state index contributed by atoms with van der Waals surface area (Å²) in [6.07, 6.45) is 7.32. The Bertz CT molecular complexity index is 1060. The Morgan fingerprint density at radius 3 is 2.73 bits per heavy atom. The van der Waals surface area contributed by atoms with E-state index < -0.39 is 5.60 Å². The lowest BCUT2D eigenvalue weighted by molar-refractivity contribution is -0.141. The first-order valence-corrected chi connectivity index (χ1v) is 14.3. The summed E-state index contributed by atoms with van der Waals surface area (Å²) in [4.78, 5) is 15.4. The zero-order valence-corrected chi connectivity index (χ0v) is 23.2. The van der Waals surface area contributed by atoms with Crippen LogP contribution in [0.25, 0.3) is 0 Å². The van der Waals surface area contributed by atoms with Crippen LogP contribution < -0.4 is 5.73 Å². The first-order valence-electron chi connectivity index (χ1n) is 13.9. The van der Waals surface area contributed by atoms with Crippen LogP contribution in [0.1, 0.15) is 73.6 Å². The number of methoxy groups -OCH3 is 1. The number of nitrogens with zero attached hydrogens (tertiary/aromatic N) is 1. The van der Waals surface area contributed by atoms with Crippen molar-refractivity contribution >= 4 is 17.5 Å². The van der Waals surface area contributed by atoms with Crippen LogP contribution in [-0.2, 0) is 21.6 Å². The highest BCUT2D eigenvalue weighted by atomic mass is 35.5. The van der Waals surface area contributed by atoms with Crippen molar-refractivity contribution in [2.45, 2.75) is 76.4 Å². The number of aryl methyl sites for hydroxylation is 1. The zero-order chi connectivity index (χ0) is 26.4. The summed E-state index contributed by atoms with van der Waals surface area (Å²) in [6.45, 7) is 4.08. The van der Waals surface area contributed by atoms with Gasteiger partial charge in [0, 0.05) is 49.7 Å². The molecule has 6 heteroatoms. The van der Waals surface area contributed by atoms with Gasteiger partial charge in [-0.15, -0.1) is 0 Å². The molecular formula is C31H43ClN2O3.